The second-order valence-electron chi connectivity index (χ2n) is 6.09. The minimum absolute atomic E-state index is 0.139. The number of hydrogen-bond acceptors (Lipinski definition) is 5. The second-order valence-corrected chi connectivity index (χ2v) is 7.00. The first kappa shape index (κ1) is 16.0. The lowest BCUT2D eigenvalue weighted by Crippen LogP contribution is -2.47. The van der Waals surface area contributed by atoms with Crippen LogP contribution in [0, 0.1) is 0 Å². The highest BCUT2D eigenvalue weighted by Gasteiger charge is 2.21. The molecule has 0 unspecified atom stereocenters. The Labute approximate surface area is 150 Å². The van der Waals surface area contributed by atoms with Crippen LogP contribution >= 0.6 is 11.3 Å². The number of benzene rings is 2. The van der Waals surface area contributed by atoms with E-state index in [1.165, 1.54) is 0 Å². The number of ether oxygens (including phenoxy) is 1. The van der Waals surface area contributed by atoms with Gasteiger partial charge in [0.1, 0.15) is 5.75 Å². The van der Waals surface area contributed by atoms with Gasteiger partial charge >= 0.3 is 0 Å². The molecular formula is C20H20N2O2S. The van der Waals surface area contributed by atoms with Crippen LogP contribution in [-0.2, 0) is 0 Å². The number of anilines is 2. The van der Waals surface area contributed by atoms with Crippen LogP contribution in [0.15, 0.2) is 58.7 Å². The van der Waals surface area contributed by atoms with Crippen LogP contribution in [0.2, 0.25) is 0 Å². The van der Waals surface area contributed by atoms with E-state index in [9.17, 15) is 4.79 Å². The molecule has 0 N–H and O–H groups in total. The van der Waals surface area contributed by atoms with Crippen molar-refractivity contribution >= 4 is 32.8 Å². The molecule has 1 fully saturated rings. The predicted molar refractivity (Wildman–Crippen MR) is 106 cm³/mol. The number of para-hydroxylation sites is 2. The Balaban J connectivity index is 1.56. The molecule has 128 valence electrons. The van der Waals surface area contributed by atoms with E-state index < -0.39 is 0 Å². The molecule has 1 aliphatic rings. The number of fused-ring (bicyclic) bond motifs is 1. The number of nitrogens with zero attached hydrogens (tertiary/aromatic N) is 2. The second kappa shape index (κ2) is 6.76. The van der Waals surface area contributed by atoms with E-state index in [1.54, 1.807) is 18.4 Å². The lowest BCUT2D eigenvalue weighted by Gasteiger charge is -2.37. The van der Waals surface area contributed by atoms with Crippen molar-refractivity contribution in [2.75, 3.05) is 43.1 Å². The summed E-state index contributed by atoms with van der Waals surface area (Å²) in [4.78, 5) is 17.3. The van der Waals surface area contributed by atoms with Crippen LogP contribution in [0.5, 0.6) is 5.75 Å². The molecule has 0 radical (unpaired) electrons. The predicted octanol–water partition coefficient (Wildman–Crippen LogP) is 3.60. The fourth-order valence-electron chi connectivity index (χ4n) is 3.37. The topological polar surface area (TPSA) is 32.8 Å². The smallest absolute Gasteiger partial charge is 0.211 e. The third kappa shape index (κ3) is 2.96. The van der Waals surface area contributed by atoms with E-state index in [1.807, 2.05) is 47.8 Å². The molecule has 4 nitrogen and oxygen atoms in total. The van der Waals surface area contributed by atoms with Gasteiger partial charge < -0.3 is 14.5 Å². The zero-order chi connectivity index (χ0) is 17.2. The minimum Gasteiger partial charge on any atom is -0.495 e. The molecule has 4 rings (SSSR count). The van der Waals surface area contributed by atoms with Crippen molar-refractivity contribution in [3.63, 3.8) is 0 Å². The van der Waals surface area contributed by atoms with E-state index in [-0.39, 0.29) is 5.43 Å². The van der Waals surface area contributed by atoms with E-state index in [0.29, 0.717) is 0 Å². The maximum atomic E-state index is 12.8. The summed E-state index contributed by atoms with van der Waals surface area (Å²) >= 11 is 1.64. The van der Waals surface area contributed by atoms with Crippen LogP contribution in [0.1, 0.15) is 0 Å². The quantitative estimate of drug-likeness (QED) is 0.721. The summed E-state index contributed by atoms with van der Waals surface area (Å²) in [6, 6.07) is 15.9. The molecule has 0 spiro atoms. The van der Waals surface area contributed by atoms with E-state index in [0.717, 1.165) is 53.4 Å². The fourth-order valence-corrected chi connectivity index (χ4v) is 4.30. The number of piperazine rings is 1. The van der Waals surface area contributed by atoms with Gasteiger partial charge in [-0.05, 0) is 24.3 Å². The van der Waals surface area contributed by atoms with E-state index in [4.69, 9.17) is 4.74 Å². The highest BCUT2D eigenvalue weighted by atomic mass is 32.1. The van der Waals surface area contributed by atoms with Crippen molar-refractivity contribution in [3.8, 4) is 5.75 Å². The molecule has 0 atom stereocenters. The largest absolute Gasteiger partial charge is 0.495 e. The zero-order valence-electron chi connectivity index (χ0n) is 14.1. The monoisotopic (exact) mass is 352 g/mol. The third-order valence-corrected chi connectivity index (χ3v) is 5.66. The first-order valence-corrected chi connectivity index (χ1v) is 9.29. The van der Waals surface area contributed by atoms with Gasteiger partial charge in [0.2, 0.25) is 5.43 Å². The van der Waals surface area contributed by atoms with Gasteiger partial charge in [0, 0.05) is 41.6 Å². The van der Waals surface area contributed by atoms with Crippen LogP contribution in [-0.4, -0.2) is 33.3 Å². The van der Waals surface area contributed by atoms with Crippen molar-refractivity contribution in [1.29, 1.82) is 0 Å². The number of hydrogen-bond donors (Lipinski definition) is 0. The Hall–Kier alpha value is -2.53. The standard InChI is InChI=1S/C20H20N2O2S/c1-24-18-8-4-3-7-16(18)21-10-12-22(13-11-21)17-14-25-19-9-5-2-6-15(19)20(17)23/h2-9,14H,10-13H2,1H3. The van der Waals surface area contributed by atoms with Crippen molar-refractivity contribution in [1.82, 2.24) is 0 Å². The summed E-state index contributed by atoms with van der Waals surface area (Å²) < 4.78 is 6.52. The van der Waals surface area contributed by atoms with Gasteiger partial charge in [-0.3, -0.25) is 4.79 Å². The van der Waals surface area contributed by atoms with E-state index in [2.05, 4.69) is 15.9 Å². The summed E-state index contributed by atoms with van der Waals surface area (Å²) in [6.45, 7) is 3.41. The van der Waals surface area contributed by atoms with Gasteiger partial charge in [-0.1, -0.05) is 24.3 Å². The molecule has 0 amide bonds. The summed E-state index contributed by atoms with van der Waals surface area (Å²) in [5.74, 6) is 0.897. The Kier molecular flexibility index (Phi) is 4.32. The molecule has 1 aliphatic heterocycles. The van der Waals surface area contributed by atoms with Gasteiger partial charge in [-0.25, -0.2) is 0 Å². The average Bonchev–Trinajstić information content (AvgIpc) is 2.69. The molecule has 0 bridgehead atoms. The van der Waals surface area contributed by atoms with E-state index >= 15 is 0 Å². The van der Waals surface area contributed by atoms with Gasteiger partial charge in [0.25, 0.3) is 0 Å². The van der Waals surface area contributed by atoms with Crippen molar-refractivity contribution < 1.29 is 4.74 Å². The Morgan fingerprint density at radius 1 is 0.880 bits per heavy atom. The molecule has 2 aromatic carbocycles. The molecule has 2 heterocycles. The van der Waals surface area contributed by atoms with Crippen LogP contribution in [0.3, 0.4) is 0 Å². The molecule has 1 saturated heterocycles. The molecule has 1 aromatic heterocycles. The van der Waals surface area contributed by atoms with Gasteiger partial charge in [-0.2, -0.15) is 0 Å². The zero-order valence-corrected chi connectivity index (χ0v) is 15.0. The normalized spacial score (nSPS) is 14.8. The molecule has 0 saturated carbocycles. The van der Waals surface area contributed by atoms with Crippen LogP contribution in [0.25, 0.3) is 10.1 Å². The van der Waals surface area contributed by atoms with Gasteiger partial charge in [0.15, 0.2) is 0 Å². The Morgan fingerprint density at radius 2 is 1.52 bits per heavy atom. The summed E-state index contributed by atoms with van der Waals surface area (Å²) in [7, 11) is 1.70. The average molecular weight is 352 g/mol. The van der Waals surface area contributed by atoms with Crippen molar-refractivity contribution in [2.24, 2.45) is 0 Å². The summed E-state index contributed by atoms with van der Waals surface area (Å²) in [5, 5.41) is 2.82. The Morgan fingerprint density at radius 3 is 2.28 bits per heavy atom. The lowest BCUT2D eigenvalue weighted by molar-refractivity contribution is 0.413. The molecule has 5 heteroatoms. The Bertz CT molecular complexity index is 946. The summed E-state index contributed by atoms with van der Waals surface area (Å²) in [5.41, 5.74) is 2.08. The molecule has 3 aromatic rings. The summed E-state index contributed by atoms with van der Waals surface area (Å²) in [6.07, 6.45) is 0. The first-order valence-electron chi connectivity index (χ1n) is 8.41. The van der Waals surface area contributed by atoms with Crippen LogP contribution in [0.4, 0.5) is 11.4 Å². The van der Waals surface area contributed by atoms with Gasteiger partial charge in [-0.15, -0.1) is 11.3 Å². The first-order chi connectivity index (χ1) is 12.3. The SMILES string of the molecule is COc1ccccc1N1CCN(c2csc3ccccc3c2=O)CC1. The highest BCUT2D eigenvalue weighted by Crippen LogP contribution is 2.29. The fraction of sp³-hybridized carbons (Fsp3) is 0.250. The molecule has 0 aliphatic carbocycles. The number of methoxy groups -OCH3 is 1. The minimum atomic E-state index is 0.139. The molecule has 25 heavy (non-hydrogen) atoms. The highest BCUT2D eigenvalue weighted by molar-refractivity contribution is 7.16. The van der Waals surface area contributed by atoms with Crippen molar-refractivity contribution in [2.45, 2.75) is 0 Å². The molecular weight excluding hydrogens is 332 g/mol. The maximum Gasteiger partial charge on any atom is 0.211 e. The van der Waals surface area contributed by atoms with Crippen LogP contribution < -0.4 is 20.0 Å². The third-order valence-electron chi connectivity index (χ3n) is 4.71. The van der Waals surface area contributed by atoms with Crippen molar-refractivity contribution in [3.05, 3.63) is 64.1 Å². The van der Waals surface area contributed by atoms with Gasteiger partial charge in [0.05, 0.1) is 18.5 Å². The lowest BCUT2D eigenvalue weighted by atomic mass is 10.2. The maximum absolute atomic E-state index is 12.8. The number of rotatable bonds is 3.